The number of benzene rings is 1. The molecule has 7 heteroatoms. The summed E-state index contributed by atoms with van der Waals surface area (Å²) in [5.41, 5.74) is 6.36. The summed E-state index contributed by atoms with van der Waals surface area (Å²) in [7, 11) is 0. The molecule has 1 aromatic carbocycles. The number of halogens is 1. The molecular weight excluding hydrogens is 262 g/mol. The van der Waals surface area contributed by atoms with E-state index >= 15 is 0 Å². The molecule has 1 rings (SSSR count). The van der Waals surface area contributed by atoms with E-state index in [4.69, 9.17) is 17.3 Å². The second-order valence-electron chi connectivity index (χ2n) is 3.41. The topological polar surface area (TPSA) is 75.4 Å². The van der Waals surface area contributed by atoms with Crippen molar-refractivity contribution in [2.75, 3.05) is 11.9 Å². The number of thiol groups is 1. The largest absolute Gasteiger partial charge is 0.368 e. The predicted octanol–water partition coefficient (Wildman–Crippen LogP) is 1.81. The van der Waals surface area contributed by atoms with E-state index < -0.39 is 11.9 Å². The Morgan fingerprint density at radius 3 is 2.71 bits per heavy atom. The van der Waals surface area contributed by atoms with Crippen molar-refractivity contribution in [3.8, 4) is 0 Å². The zero-order valence-electron chi connectivity index (χ0n) is 9.11. The fourth-order valence-corrected chi connectivity index (χ4v) is 1.58. The maximum Gasteiger partial charge on any atom is 0.332 e. The lowest BCUT2D eigenvalue weighted by atomic mass is 10.2. The number of nitrogens with one attached hydrogen (secondary N) is 1. The fraction of sp³-hybridized carbons (Fsp3) is 0.200. The minimum atomic E-state index is -0.636. The van der Waals surface area contributed by atoms with Gasteiger partial charge in [0.05, 0.1) is 0 Å². The summed E-state index contributed by atoms with van der Waals surface area (Å²) in [6.45, 7) is 1.54. The molecule has 3 N–H and O–H groups in total. The van der Waals surface area contributed by atoms with Crippen LogP contribution in [0.2, 0.25) is 5.02 Å². The van der Waals surface area contributed by atoms with Crippen LogP contribution < -0.4 is 11.1 Å². The number of hydrogen-bond acceptors (Lipinski definition) is 3. The summed E-state index contributed by atoms with van der Waals surface area (Å²) >= 11 is 9.63. The van der Waals surface area contributed by atoms with E-state index in [-0.39, 0.29) is 6.54 Å². The predicted molar refractivity (Wildman–Crippen MR) is 70.1 cm³/mol. The Morgan fingerprint density at radius 1 is 1.53 bits per heavy atom. The van der Waals surface area contributed by atoms with Crippen LogP contribution in [-0.4, -0.2) is 22.8 Å². The van der Waals surface area contributed by atoms with E-state index in [1.165, 1.54) is 0 Å². The molecule has 0 saturated carbocycles. The van der Waals surface area contributed by atoms with Crippen molar-refractivity contribution < 1.29 is 9.59 Å². The summed E-state index contributed by atoms with van der Waals surface area (Å²) in [6.07, 6.45) is 0. The third-order valence-corrected chi connectivity index (χ3v) is 2.53. The molecule has 0 heterocycles. The van der Waals surface area contributed by atoms with E-state index in [1.54, 1.807) is 25.1 Å². The van der Waals surface area contributed by atoms with Gasteiger partial charge in [0, 0.05) is 10.7 Å². The second kappa shape index (κ2) is 5.79. The molecule has 0 unspecified atom stereocenters. The van der Waals surface area contributed by atoms with E-state index in [9.17, 15) is 9.59 Å². The third kappa shape index (κ3) is 4.16. The molecule has 0 aliphatic heterocycles. The van der Waals surface area contributed by atoms with Crippen LogP contribution in [0.15, 0.2) is 18.2 Å². The normalized spacial score (nSPS) is 9.82. The smallest absolute Gasteiger partial charge is 0.332 e. The highest BCUT2D eigenvalue weighted by atomic mass is 35.5. The van der Waals surface area contributed by atoms with Crippen LogP contribution in [0.25, 0.3) is 0 Å². The van der Waals surface area contributed by atoms with E-state index in [0.717, 1.165) is 9.87 Å². The monoisotopic (exact) mass is 273 g/mol. The van der Waals surface area contributed by atoms with Crippen LogP contribution in [0, 0.1) is 6.92 Å². The molecule has 17 heavy (non-hydrogen) atoms. The number of carbonyl (C=O) groups is 2. The van der Waals surface area contributed by atoms with Gasteiger partial charge in [-0.3, -0.25) is 9.10 Å². The summed E-state index contributed by atoms with van der Waals surface area (Å²) in [5, 5.41) is 3.17. The first-order valence-corrected chi connectivity index (χ1v) is 5.50. The number of anilines is 1. The zero-order valence-corrected chi connectivity index (χ0v) is 10.8. The lowest BCUT2D eigenvalue weighted by molar-refractivity contribution is -0.117. The van der Waals surface area contributed by atoms with Crippen molar-refractivity contribution in [3.05, 3.63) is 28.8 Å². The van der Waals surface area contributed by atoms with Gasteiger partial charge >= 0.3 is 6.03 Å². The van der Waals surface area contributed by atoms with Gasteiger partial charge < -0.3 is 11.1 Å². The minimum absolute atomic E-state index is 0.262. The summed E-state index contributed by atoms with van der Waals surface area (Å²) in [6, 6.07) is 4.51. The van der Waals surface area contributed by atoms with Gasteiger partial charge in [-0.15, -0.1) is 0 Å². The number of hydrogen-bond donors (Lipinski definition) is 3. The number of carbonyl (C=O) groups excluding carboxylic acids is 2. The van der Waals surface area contributed by atoms with Gasteiger partial charge in [-0.1, -0.05) is 24.4 Å². The Bertz CT molecular complexity index is 453. The Balaban J connectivity index is 2.71. The van der Waals surface area contributed by atoms with Gasteiger partial charge in [0.2, 0.25) is 5.91 Å². The summed E-state index contributed by atoms with van der Waals surface area (Å²) < 4.78 is 0.899. The standard InChI is InChI=1S/C10H12ClN3O2S/c1-6-4-7(11)2-3-8(6)13-10(16)14(17)5-9(12)15/h2-4,17H,5H2,1H3,(H2,12,15)(H,13,16). The van der Waals surface area contributed by atoms with Crippen LogP contribution in [-0.2, 0) is 4.79 Å². The summed E-state index contributed by atoms with van der Waals surface area (Å²) in [5.74, 6) is -0.636. The van der Waals surface area contributed by atoms with E-state index in [2.05, 4.69) is 18.1 Å². The average Bonchev–Trinajstić information content (AvgIpc) is 2.21. The van der Waals surface area contributed by atoms with Crippen LogP contribution >= 0.6 is 24.4 Å². The number of rotatable bonds is 3. The maximum absolute atomic E-state index is 11.6. The fourth-order valence-electron chi connectivity index (χ4n) is 1.17. The maximum atomic E-state index is 11.6. The lowest BCUT2D eigenvalue weighted by Crippen LogP contribution is -2.34. The number of amides is 3. The number of urea groups is 1. The van der Waals surface area contributed by atoms with Gasteiger partial charge in [0.25, 0.3) is 0 Å². The molecule has 0 saturated heterocycles. The lowest BCUT2D eigenvalue weighted by Gasteiger charge is -2.15. The van der Waals surface area contributed by atoms with E-state index in [1.807, 2.05) is 0 Å². The Hall–Kier alpha value is -1.40. The van der Waals surface area contributed by atoms with Crippen LogP contribution in [0.3, 0.4) is 0 Å². The molecule has 0 aromatic heterocycles. The Morgan fingerprint density at radius 2 is 2.18 bits per heavy atom. The van der Waals surface area contributed by atoms with Crippen molar-refractivity contribution in [2.24, 2.45) is 5.73 Å². The summed E-state index contributed by atoms with van der Waals surface area (Å²) in [4.78, 5) is 22.2. The molecule has 0 fully saturated rings. The van der Waals surface area contributed by atoms with Crippen molar-refractivity contribution in [1.82, 2.24) is 4.31 Å². The number of nitrogens with zero attached hydrogens (tertiary/aromatic N) is 1. The first-order chi connectivity index (χ1) is 7.90. The number of primary amides is 1. The molecule has 0 atom stereocenters. The van der Waals surface area contributed by atoms with E-state index in [0.29, 0.717) is 10.7 Å². The number of aryl methyl sites for hydroxylation is 1. The quantitative estimate of drug-likeness (QED) is 0.735. The SMILES string of the molecule is Cc1cc(Cl)ccc1NC(=O)N(S)CC(N)=O. The molecule has 92 valence electrons. The molecule has 3 amide bonds. The first-order valence-electron chi connectivity index (χ1n) is 4.72. The molecule has 0 aliphatic carbocycles. The average molecular weight is 274 g/mol. The first kappa shape index (κ1) is 13.7. The molecular formula is C10H12ClN3O2S. The molecule has 0 aliphatic rings. The van der Waals surface area contributed by atoms with Crippen LogP contribution in [0.1, 0.15) is 5.56 Å². The Kier molecular flexibility index (Phi) is 4.65. The van der Waals surface area contributed by atoms with Gasteiger partial charge in [-0.25, -0.2) is 4.79 Å². The van der Waals surface area contributed by atoms with Crippen LogP contribution in [0.5, 0.6) is 0 Å². The molecule has 0 radical (unpaired) electrons. The van der Waals surface area contributed by atoms with Crippen molar-refractivity contribution in [2.45, 2.75) is 6.92 Å². The van der Waals surface area contributed by atoms with Gasteiger partial charge in [-0.05, 0) is 30.7 Å². The van der Waals surface area contributed by atoms with Crippen LogP contribution in [0.4, 0.5) is 10.5 Å². The Labute approximate surface area is 109 Å². The van der Waals surface area contributed by atoms with Gasteiger partial charge in [-0.2, -0.15) is 0 Å². The zero-order chi connectivity index (χ0) is 13.0. The molecule has 0 spiro atoms. The second-order valence-corrected chi connectivity index (χ2v) is 4.33. The third-order valence-electron chi connectivity index (χ3n) is 1.97. The molecule has 5 nitrogen and oxygen atoms in total. The van der Waals surface area contributed by atoms with Crippen molar-refractivity contribution in [1.29, 1.82) is 0 Å². The number of nitrogens with two attached hydrogens (primary N) is 1. The van der Waals surface area contributed by atoms with Crippen molar-refractivity contribution >= 4 is 42.0 Å². The highest BCUT2D eigenvalue weighted by molar-refractivity contribution is 7.78. The molecule has 1 aromatic rings. The van der Waals surface area contributed by atoms with Gasteiger partial charge in [0.1, 0.15) is 6.54 Å². The van der Waals surface area contributed by atoms with Crippen molar-refractivity contribution in [3.63, 3.8) is 0 Å². The highest BCUT2D eigenvalue weighted by Crippen LogP contribution is 2.20. The van der Waals surface area contributed by atoms with Gasteiger partial charge in [0.15, 0.2) is 0 Å². The molecule has 0 bridgehead atoms. The minimum Gasteiger partial charge on any atom is -0.368 e. The highest BCUT2D eigenvalue weighted by Gasteiger charge is 2.13.